The van der Waals surface area contributed by atoms with Crippen LogP contribution >= 0.6 is 0 Å². The van der Waals surface area contributed by atoms with Crippen molar-refractivity contribution in [1.29, 1.82) is 0 Å². The van der Waals surface area contributed by atoms with Crippen LogP contribution in [0, 0.1) is 0 Å². The second-order valence-corrected chi connectivity index (χ2v) is 22.9. The summed E-state index contributed by atoms with van der Waals surface area (Å²) >= 11 is 0. The number of carbonyl (C=O) groups excluding carboxylic acids is 1. The summed E-state index contributed by atoms with van der Waals surface area (Å²) in [5, 5.41) is 23.4. The summed E-state index contributed by atoms with van der Waals surface area (Å²) in [5.41, 5.74) is 0. The molecular formula is C75H131NO3. The fraction of sp³-hybridized carbons (Fsp3) is 0.720. The molecule has 2 atom stereocenters. The van der Waals surface area contributed by atoms with Gasteiger partial charge in [-0.2, -0.15) is 0 Å². The van der Waals surface area contributed by atoms with Gasteiger partial charge in [0.15, 0.2) is 0 Å². The molecule has 0 bridgehead atoms. The molecule has 79 heavy (non-hydrogen) atoms. The maximum Gasteiger partial charge on any atom is 0.220 e. The average molecular weight is 1090 g/mol. The molecule has 0 rings (SSSR count). The molecule has 454 valence electrons. The van der Waals surface area contributed by atoms with Crippen LogP contribution in [0.15, 0.2) is 122 Å². The lowest BCUT2D eigenvalue weighted by Gasteiger charge is -2.22. The normalized spacial score (nSPS) is 13.5. The van der Waals surface area contributed by atoms with Crippen LogP contribution in [0.1, 0.15) is 328 Å². The van der Waals surface area contributed by atoms with Gasteiger partial charge in [0, 0.05) is 6.42 Å². The van der Waals surface area contributed by atoms with Gasteiger partial charge >= 0.3 is 0 Å². The Balaban J connectivity index is 3.54. The number of carbonyl (C=O) groups is 1. The summed E-state index contributed by atoms with van der Waals surface area (Å²) < 4.78 is 0. The van der Waals surface area contributed by atoms with Crippen LogP contribution < -0.4 is 5.32 Å². The highest BCUT2D eigenvalue weighted by molar-refractivity contribution is 5.76. The quantitative estimate of drug-likeness (QED) is 0.0420. The zero-order valence-electron chi connectivity index (χ0n) is 52.4. The Bertz CT molecular complexity index is 1520. The minimum atomic E-state index is -0.670. The third-order valence-electron chi connectivity index (χ3n) is 15.2. The third-order valence-corrected chi connectivity index (χ3v) is 15.2. The number of rotatable bonds is 62. The van der Waals surface area contributed by atoms with Crippen molar-refractivity contribution in [1.82, 2.24) is 5.32 Å². The van der Waals surface area contributed by atoms with Crippen LogP contribution in [0.5, 0.6) is 0 Å². The first-order valence-electron chi connectivity index (χ1n) is 34.2. The molecule has 0 aromatic heterocycles. The molecule has 0 aliphatic carbocycles. The van der Waals surface area contributed by atoms with Crippen molar-refractivity contribution < 1.29 is 15.0 Å². The number of aliphatic hydroxyl groups is 2. The molecule has 0 fully saturated rings. The Kier molecular flexibility index (Phi) is 66.3. The van der Waals surface area contributed by atoms with Crippen molar-refractivity contribution in [2.45, 2.75) is 341 Å². The zero-order chi connectivity index (χ0) is 56.9. The first-order valence-corrected chi connectivity index (χ1v) is 34.2. The number of unbranched alkanes of at least 4 members (excludes halogenated alkanes) is 35. The lowest BCUT2D eigenvalue weighted by atomic mass is 10.0. The summed E-state index contributed by atoms with van der Waals surface area (Å²) in [6, 6.07) is -0.548. The van der Waals surface area contributed by atoms with Gasteiger partial charge in [-0.1, -0.05) is 354 Å². The first kappa shape index (κ1) is 75.8. The van der Waals surface area contributed by atoms with E-state index in [-0.39, 0.29) is 12.5 Å². The van der Waals surface area contributed by atoms with E-state index in [0.29, 0.717) is 12.8 Å². The molecule has 0 saturated heterocycles. The van der Waals surface area contributed by atoms with Crippen molar-refractivity contribution in [3.05, 3.63) is 122 Å². The number of allylic oxidation sites excluding steroid dienone is 20. The highest BCUT2D eigenvalue weighted by Gasteiger charge is 2.20. The molecule has 0 aliphatic heterocycles. The molecule has 3 N–H and O–H groups in total. The van der Waals surface area contributed by atoms with Crippen LogP contribution in [-0.2, 0) is 4.79 Å². The van der Waals surface area contributed by atoms with Crippen LogP contribution in [0.4, 0.5) is 0 Å². The summed E-state index contributed by atoms with van der Waals surface area (Å²) in [7, 11) is 0. The summed E-state index contributed by atoms with van der Waals surface area (Å²) in [4.78, 5) is 12.6. The van der Waals surface area contributed by atoms with E-state index in [2.05, 4.69) is 141 Å². The molecule has 0 aromatic carbocycles. The molecule has 0 spiro atoms. The Hall–Kier alpha value is -3.21. The maximum atomic E-state index is 12.6. The predicted octanol–water partition coefficient (Wildman–Crippen LogP) is 23.5. The van der Waals surface area contributed by atoms with E-state index in [1.807, 2.05) is 0 Å². The number of nitrogens with one attached hydrogen (secondary N) is 1. The van der Waals surface area contributed by atoms with E-state index in [9.17, 15) is 15.0 Å². The highest BCUT2D eigenvalue weighted by Crippen LogP contribution is 2.18. The van der Waals surface area contributed by atoms with Gasteiger partial charge in [-0.3, -0.25) is 4.79 Å². The number of hydrogen-bond donors (Lipinski definition) is 3. The van der Waals surface area contributed by atoms with Crippen LogP contribution in [0.2, 0.25) is 0 Å². The van der Waals surface area contributed by atoms with Gasteiger partial charge < -0.3 is 15.5 Å². The largest absolute Gasteiger partial charge is 0.394 e. The highest BCUT2D eigenvalue weighted by atomic mass is 16.3. The SMILES string of the molecule is CC/C=C\C/C=C\C/C=C\C/C=C\C/C=C\C/C=C\C/C=C\C/C=C\C/C=C\C/C=C\CCCCCCCCCCCCC(=O)NC(CO)C(O)CCCCCCCCCCCCCCCCCCCCCCCCCCCC. The summed E-state index contributed by atoms with van der Waals surface area (Å²) in [6.45, 7) is 4.27. The van der Waals surface area contributed by atoms with E-state index in [1.54, 1.807) is 0 Å². The number of amides is 1. The molecule has 0 saturated carbocycles. The molecule has 4 heteroatoms. The second kappa shape index (κ2) is 69.1. The van der Waals surface area contributed by atoms with Crippen molar-refractivity contribution >= 4 is 5.91 Å². The lowest BCUT2D eigenvalue weighted by Crippen LogP contribution is -2.45. The van der Waals surface area contributed by atoms with Crippen LogP contribution in [0.25, 0.3) is 0 Å². The number of hydrogen-bond acceptors (Lipinski definition) is 3. The van der Waals surface area contributed by atoms with Crippen LogP contribution in [0.3, 0.4) is 0 Å². The predicted molar refractivity (Wildman–Crippen MR) is 354 cm³/mol. The van der Waals surface area contributed by atoms with E-state index < -0.39 is 12.1 Å². The Morgan fingerprint density at radius 1 is 0.316 bits per heavy atom. The number of aliphatic hydroxyl groups excluding tert-OH is 2. The van der Waals surface area contributed by atoms with E-state index >= 15 is 0 Å². The standard InChI is InChI=1S/C75H131NO3/c1-3-5-7-9-11-13-15-17-19-21-23-25-27-29-31-32-33-34-35-36-37-38-39-40-41-42-43-44-45-47-49-51-53-55-57-59-61-63-65-67-69-71-75(79)76-73(72-77)74(78)70-68-66-64-62-60-58-56-54-52-50-48-46-30-28-26-24-22-20-18-16-14-12-10-8-6-4-2/h5,7,11,13,17,19,23,25,29,31,33-34,36-37,39-40,42-43,45,47,73-74,77-78H,3-4,6,8-10,12,14-16,18,20-22,24,26-28,30,32,35,38,41,44,46,48-72H2,1-2H3,(H,76,79)/b7-5-,13-11-,19-17-,25-23-,31-29-,34-33-,37-36-,40-39-,43-42-,47-45-. The van der Waals surface area contributed by atoms with Crippen molar-refractivity contribution in [2.75, 3.05) is 6.61 Å². The van der Waals surface area contributed by atoms with Crippen molar-refractivity contribution in [2.24, 2.45) is 0 Å². The molecular weight excluding hydrogens is 963 g/mol. The van der Waals surface area contributed by atoms with E-state index in [0.717, 1.165) is 89.9 Å². The molecule has 4 nitrogen and oxygen atoms in total. The fourth-order valence-electron chi connectivity index (χ4n) is 10.1. The second-order valence-electron chi connectivity index (χ2n) is 22.9. The molecule has 1 amide bonds. The van der Waals surface area contributed by atoms with Gasteiger partial charge in [0.1, 0.15) is 0 Å². The van der Waals surface area contributed by atoms with E-state index in [1.165, 1.54) is 212 Å². The van der Waals surface area contributed by atoms with Gasteiger partial charge in [0.25, 0.3) is 0 Å². The summed E-state index contributed by atoms with van der Waals surface area (Å²) in [5.74, 6) is -0.0364. The smallest absolute Gasteiger partial charge is 0.220 e. The van der Waals surface area contributed by atoms with Gasteiger partial charge in [0.2, 0.25) is 5.91 Å². The summed E-state index contributed by atoms with van der Waals surface area (Å²) in [6.07, 6.45) is 105. The van der Waals surface area contributed by atoms with Gasteiger partial charge in [-0.05, 0) is 89.9 Å². The van der Waals surface area contributed by atoms with Gasteiger partial charge in [-0.25, -0.2) is 0 Å². The molecule has 0 aromatic rings. The van der Waals surface area contributed by atoms with Crippen LogP contribution in [-0.4, -0.2) is 34.9 Å². The topological polar surface area (TPSA) is 69.6 Å². The minimum Gasteiger partial charge on any atom is -0.394 e. The van der Waals surface area contributed by atoms with Gasteiger partial charge in [0.05, 0.1) is 18.8 Å². The van der Waals surface area contributed by atoms with Gasteiger partial charge in [-0.15, -0.1) is 0 Å². The Morgan fingerprint density at radius 3 is 0.835 bits per heavy atom. The van der Waals surface area contributed by atoms with E-state index in [4.69, 9.17) is 0 Å². The monoisotopic (exact) mass is 1090 g/mol. The van der Waals surface area contributed by atoms with Crippen molar-refractivity contribution in [3.8, 4) is 0 Å². The Labute approximate surface area is 492 Å². The minimum absolute atomic E-state index is 0.0364. The fourth-order valence-corrected chi connectivity index (χ4v) is 10.1. The molecule has 0 radical (unpaired) electrons. The molecule has 0 aliphatic rings. The molecule has 0 heterocycles. The third kappa shape index (κ3) is 65.5. The lowest BCUT2D eigenvalue weighted by molar-refractivity contribution is -0.123. The maximum absolute atomic E-state index is 12.6. The molecule has 2 unspecified atom stereocenters. The first-order chi connectivity index (χ1) is 39.2. The van der Waals surface area contributed by atoms with Crippen molar-refractivity contribution in [3.63, 3.8) is 0 Å². The zero-order valence-corrected chi connectivity index (χ0v) is 52.4. The Morgan fingerprint density at radius 2 is 0.557 bits per heavy atom. The average Bonchev–Trinajstić information content (AvgIpc) is 3.45.